The normalized spacial score (nSPS) is 11.9. The van der Waals surface area contributed by atoms with E-state index in [9.17, 15) is 0 Å². The molecule has 2 aromatic heterocycles. The molecule has 4 heteroatoms. The number of aryl methyl sites for hydroxylation is 2. The van der Waals surface area contributed by atoms with Gasteiger partial charge in [0.15, 0.2) is 0 Å². The summed E-state index contributed by atoms with van der Waals surface area (Å²) in [4.78, 5) is 0. The minimum atomic E-state index is 1.11. The van der Waals surface area contributed by atoms with Crippen molar-refractivity contribution in [2.75, 3.05) is 0 Å². The van der Waals surface area contributed by atoms with Crippen molar-refractivity contribution in [2.45, 2.75) is 104 Å². The molecular formula is C52H54Br2N2. The number of fused-ring (bicyclic) bond motifs is 6. The number of unbranched alkanes of at least 4 members (excludes halogenated alkanes) is 10. The molecule has 0 aliphatic rings. The van der Waals surface area contributed by atoms with Crippen LogP contribution in [0.2, 0.25) is 0 Å². The van der Waals surface area contributed by atoms with Gasteiger partial charge in [0.1, 0.15) is 0 Å². The first-order valence-corrected chi connectivity index (χ1v) is 22.8. The Kier molecular flexibility index (Phi) is 12.4. The second-order valence-corrected chi connectivity index (χ2v) is 17.7. The lowest BCUT2D eigenvalue weighted by Crippen LogP contribution is -1.96. The lowest BCUT2D eigenvalue weighted by Gasteiger charge is -2.12. The third kappa shape index (κ3) is 8.29. The van der Waals surface area contributed by atoms with Gasteiger partial charge < -0.3 is 9.13 Å². The predicted molar refractivity (Wildman–Crippen MR) is 250 cm³/mol. The average molecular weight is 867 g/mol. The van der Waals surface area contributed by atoms with E-state index in [1.165, 1.54) is 154 Å². The zero-order valence-electron chi connectivity index (χ0n) is 33.1. The van der Waals surface area contributed by atoms with Gasteiger partial charge in [0, 0.05) is 41.9 Å². The number of rotatable bonds is 17. The summed E-state index contributed by atoms with van der Waals surface area (Å²) in [5, 5.41) is 5.18. The summed E-state index contributed by atoms with van der Waals surface area (Å²) in [5.74, 6) is 0. The van der Waals surface area contributed by atoms with Gasteiger partial charge in [-0.2, -0.15) is 0 Å². The first-order valence-electron chi connectivity index (χ1n) is 21.2. The molecule has 2 nitrogen and oxygen atoms in total. The highest BCUT2D eigenvalue weighted by Crippen LogP contribution is 2.37. The molecule has 0 bridgehead atoms. The van der Waals surface area contributed by atoms with Crippen LogP contribution in [0.1, 0.15) is 102 Å². The molecule has 0 fully saturated rings. The van der Waals surface area contributed by atoms with Gasteiger partial charge in [0.2, 0.25) is 0 Å². The first-order chi connectivity index (χ1) is 27.5. The van der Waals surface area contributed by atoms with Crippen LogP contribution >= 0.6 is 31.9 Å². The maximum atomic E-state index is 3.75. The third-order valence-electron chi connectivity index (χ3n) is 11.8. The van der Waals surface area contributed by atoms with E-state index in [0.29, 0.717) is 0 Å². The van der Waals surface area contributed by atoms with Gasteiger partial charge in [-0.25, -0.2) is 0 Å². The van der Waals surface area contributed by atoms with Crippen molar-refractivity contribution < 1.29 is 0 Å². The van der Waals surface area contributed by atoms with Crippen molar-refractivity contribution in [3.8, 4) is 22.5 Å². The average Bonchev–Trinajstić information content (AvgIpc) is 3.71. The summed E-state index contributed by atoms with van der Waals surface area (Å²) in [6.45, 7) is 4.58. The second-order valence-electron chi connectivity index (χ2n) is 15.8. The fourth-order valence-electron chi connectivity index (χ4n) is 8.77. The van der Waals surface area contributed by atoms with Gasteiger partial charge in [0.25, 0.3) is 0 Å². The molecule has 0 spiro atoms. The third-order valence-corrected chi connectivity index (χ3v) is 12.8. The minimum absolute atomic E-state index is 1.11. The van der Waals surface area contributed by atoms with E-state index < -0.39 is 0 Å². The van der Waals surface area contributed by atoms with Crippen LogP contribution < -0.4 is 0 Å². The van der Waals surface area contributed by atoms with E-state index in [1.54, 1.807) is 0 Å². The van der Waals surface area contributed by atoms with Gasteiger partial charge >= 0.3 is 0 Å². The Labute approximate surface area is 350 Å². The highest BCUT2D eigenvalue weighted by atomic mass is 79.9. The number of nitrogens with zero attached hydrogens (tertiary/aromatic N) is 2. The number of aromatic nitrogens is 2. The Balaban J connectivity index is 1.07. The van der Waals surface area contributed by atoms with Crippen LogP contribution in [0.3, 0.4) is 0 Å². The maximum Gasteiger partial charge on any atom is 0.0543 e. The molecular weight excluding hydrogens is 812 g/mol. The quantitative estimate of drug-likeness (QED) is 0.0807. The van der Waals surface area contributed by atoms with E-state index in [1.807, 2.05) is 0 Å². The molecule has 8 aromatic rings. The fourth-order valence-corrected chi connectivity index (χ4v) is 9.49. The number of hydrogen-bond donors (Lipinski definition) is 0. The fraction of sp³-hybridized carbons (Fsp3) is 0.308. The molecule has 0 radical (unpaired) electrons. The van der Waals surface area contributed by atoms with Crippen molar-refractivity contribution in [2.24, 2.45) is 0 Å². The molecule has 286 valence electrons. The van der Waals surface area contributed by atoms with Gasteiger partial charge in [0.05, 0.1) is 22.1 Å². The van der Waals surface area contributed by atoms with Crippen LogP contribution in [0.15, 0.2) is 130 Å². The van der Waals surface area contributed by atoms with Gasteiger partial charge in [-0.15, -0.1) is 0 Å². The highest BCUT2D eigenvalue weighted by molar-refractivity contribution is 9.10. The second kappa shape index (κ2) is 18.0. The topological polar surface area (TPSA) is 9.86 Å². The van der Waals surface area contributed by atoms with E-state index in [0.717, 1.165) is 21.8 Å². The predicted octanol–water partition coefficient (Wildman–Crippen LogP) is 16.9. The van der Waals surface area contributed by atoms with E-state index in [4.69, 9.17) is 0 Å². The van der Waals surface area contributed by atoms with Crippen molar-refractivity contribution in [3.63, 3.8) is 0 Å². The lowest BCUT2D eigenvalue weighted by atomic mass is 10.0. The first kappa shape index (κ1) is 38.7. The van der Waals surface area contributed by atoms with Crippen LogP contribution in [-0.2, 0) is 12.8 Å². The van der Waals surface area contributed by atoms with Gasteiger partial charge in [-0.3, -0.25) is 0 Å². The molecule has 8 rings (SSSR count). The zero-order chi connectivity index (χ0) is 38.4. The smallest absolute Gasteiger partial charge is 0.0543 e. The van der Waals surface area contributed by atoms with E-state index in [2.05, 4.69) is 176 Å². The molecule has 0 saturated carbocycles. The SMILES string of the molecule is CCCCCCCCc1ccc2c3cc(Br)ccc3n(-c3ccc(-c4ccc(-n5c6ccc(Br)cc6c6ccc(CCCCCCCC)cc65)cc4)cc3)c2c1. The minimum Gasteiger partial charge on any atom is -0.309 e. The van der Waals surface area contributed by atoms with Crippen molar-refractivity contribution in [1.82, 2.24) is 9.13 Å². The van der Waals surface area contributed by atoms with Crippen molar-refractivity contribution in [1.29, 1.82) is 0 Å². The summed E-state index contributed by atoms with van der Waals surface area (Å²) in [6, 6.07) is 45.9. The molecule has 2 heterocycles. The largest absolute Gasteiger partial charge is 0.309 e. The molecule has 0 amide bonds. The van der Waals surface area contributed by atoms with Crippen LogP contribution in [-0.4, -0.2) is 9.13 Å². The number of halogens is 2. The maximum absolute atomic E-state index is 3.75. The molecule has 0 unspecified atom stereocenters. The van der Waals surface area contributed by atoms with E-state index in [-0.39, 0.29) is 0 Å². The monoisotopic (exact) mass is 864 g/mol. The molecule has 0 N–H and O–H groups in total. The Morgan fingerprint density at radius 3 is 1.16 bits per heavy atom. The molecule has 0 aliphatic carbocycles. The van der Waals surface area contributed by atoms with Crippen LogP contribution in [0.4, 0.5) is 0 Å². The summed E-state index contributed by atoms with van der Waals surface area (Å²) in [6.07, 6.45) is 18.1. The van der Waals surface area contributed by atoms with Crippen molar-refractivity contribution >= 4 is 75.5 Å². The summed E-state index contributed by atoms with van der Waals surface area (Å²) >= 11 is 7.49. The standard InChI is InChI=1S/C52H54Br2N2/c1-3-5-7-9-11-13-15-37-17-29-45-47-35-41(53)23-31-49(47)55(51(45)33-37)43-25-19-39(20-26-43)40-21-27-44(28-22-40)56-50-32-24-42(54)36-48(50)46-30-18-38(34-52(46)56)16-14-12-10-8-6-4-2/h17-36H,3-16H2,1-2H3. The Morgan fingerprint density at radius 2 is 0.750 bits per heavy atom. The molecule has 0 saturated heterocycles. The zero-order valence-corrected chi connectivity index (χ0v) is 36.3. The summed E-state index contributed by atoms with van der Waals surface area (Å²) in [5.41, 5.74) is 12.7. The molecule has 6 aromatic carbocycles. The Bertz CT molecular complexity index is 2390. The van der Waals surface area contributed by atoms with Crippen LogP contribution in [0, 0.1) is 0 Å². The van der Waals surface area contributed by atoms with Gasteiger partial charge in [-0.1, -0.05) is 158 Å². The lowest BCUT2D eigenvalue weighted by molar-refractivity contribution is 0.607. The van der Waals surface area contributed by atoms with Crippen LogP contribution in [0.25, 0.3) is 66.1 Å². The van der Waals surface area contributed by atoms with E-state index >= 15 is 0 Å². The molecule has 0 aliphatic heterocycles. The van der Waals surface area contributed by atoms with Gasteiger partial charge in [-0.05, 0) is 121 Å². The number of benzene rings is 6. The number of hydrogen-bond acceptors (Lipinski definition) is 0. The Morgan fingerprint density at radius 1 is 0.357 bits per heavy atom. The Hall–Kier alpha value is -4.12. The van der Waals surface area contributed by atoms with Crippen molar-refractivity contribution in [3.05, 3.63) is 141 Å². The molecule has 56 heavy (non-hydrogen) atoms. The highest BCUT2D eigenvalue weighted by Gasteiger charge is 2.16. The summed E-state index contributed by atoms with van der Waals surface area (Å²) < 4.78 is 7.13. The van der Waals surface area contributed by atoms with Crippen LogP contribution in [0.5, 0.6) is 0 Å². The molecule has 0 atom stereocenters. The summed E-state index contributed by atoms with van der Waals surface area (Å²) in [7, 11) is 0.